The van der Waals surface area contributed by atoms with Gasteiger partial charge < -0.3 is 9.84 Å². The molecule has 1 aliphatic heterocycles. The van der Waals surface area contributed by atoms with E-state index in [4.69, 9.17) is 4.74 Å². The summed E-state index contributed by atoms with van der Waals surface area (Å²) in [7, 11) is 0. The average molecular weight is 253 g/mol. The normalized spacial score (nSPS) is 22.9. The largest absolute Gasteiger partial charge is 0.386 e. The van der Waals surface area contributed by atoms with Crippen molar-refractivity contribution in [2.24, 2.45) is 0 Å². The summed E-state index contributed by atoms with van der Waals surface area (Å²) in [5, 5.41) is 10.2. The van der Waals surface area contributed by atoms with E-state index in [1.165, 1.54) is 12.1 Å². The molecule has 0 aliphatic carbocycles. The van der Waals surface area contributed by atoms with Gasteiger partial charge in [-0.15, -0.1) is 0 Å². The Labute approximate surface area is 107 Å². The molecule has 3 nitrogen and oxygen atoms in total. The molecule has 1 aliphatic rings. The minimum atomic E-state index is -0.690. The summed E-state index contributed by atoms with van der Waals surface area (Å²) >= 11 is 0. The predicted octanol–water partition coefficient (Wildman–Crippen LogP) is 1.97. The molecule has 0 bridgehead atoms. The van der Waals surface area contributed by atoms with Gasteiger partial charge >= 0.3 is 0 Å². The maximum Gasteiger partial charge on any atom is 0.123 e. The molecule has 1 aromatic rings. The number of rotatable bonds is 4. The van der Waals surface area contributed by atoms with Gasteiger partial charge in [-0.2, -0.15) is 0 Å². The van der Waals surface area contributed by atoms with Crippen LogP contribution < -0.4 is 0 Å². The Morgan fingerprint density at radius 3 is 2.83 bits per heavy atom. The van der Waals surface area contributed by atoms with Crippen LogP contribution in [0, 0.1) is 5.82 Å². The van der Waals surface area contributed by atoms with Crippen LogP contribution in [0.1, 0.15) is 25.0 Å². The number of benzene rings is 1. The molecule has 0 spiro atoms. The second kappa shape index (κ2) is 6.27. The maximum absolute atomic E-state index is 12.8. The summed E-state index contributed by atoms with van der Waals surface area (Å²) in [6.07, 6.45) is 0.181. The molecule has 1 fully saturated rings. The lowest BCUT2D eigenvalue weighted by molar-refractivity contribution is -0.0898. The monoisotopic (exact) mass is 253 g/mol. The van der Waals surface area contributed by atoms with E-state index in [1.54, 1.807) is 12.1 Å². The van der Waals surface area contributed by atoms with Crippen molar-refractivity contribution >= 4 is 0 Å². The van der Waals surface area contributed by atoms with Crippen molar-refractivity contribution in [1.29, 1.82) is 0 Å². The van der Waals surface area contributed by atoms with Crippen molar-refractivity contribution in [2.75, 3.05) is 26.2 Å². The zero-order valence-corrected chi connectivity index (χ0v) is 10.7. The van der Waals surface area contributed by atoms with Crippen LogP contribution in [0.25, 0.3) is 0 Å². The smallest absolute Gasteiger partial charge is 0.123 e. The number of morpholine rings is 1. The molecule has 100 valence electrons. The molecule has 2 atom stereocenters. The van der Waals surface area contributed by atoms with Crippen molar-refractivity contribution in [1.82, 2.24) is 4.90 Å². The van der Waals surface area contributed by atoms with Gasteiger partial charge in [0.05, 0.1) is 6.61 Å². The number of ether oxygens (including phenoxy) is 1. The molecule has 0 aromatic heterocycles. The Morgan fingerprint density at radius 1 is 1.44 bits per heavy atom. The van der Waals surface area contributed by atoms with Gasteiger partial charge in [-0.25, -0.2) is 4.39 Å². The van der Waals surface area contributed by atoms with Crippen molar-refractivity contribution < 1.29 is 14.2 Å². The zero-order valence-electron chi connectivity index (χ0n) is 10.7. The van der Waals surface area contributed by atoms with Gasteiger partial charge in [0.25, 0.3) is 0 Å². The minimum Gasteiger partial charge on any atom is -0.386 e. The number of halogens is 1. The molecule has 2 unspecified atom stereocenters. The van der Waals surface area contributed by atoms with Gasteiger partial charge in [0.1, 0.15) is 18.0 Å². The molecular weight excluding hydrogens is 233 g/mol. The van der Waals surface area contributed by atoms with E-state index in [0.717, 1.165) is 26.1 Å². The van der Waals surface area contributed by atoms with Crippen LogP contribution in [0.15, 0.2) is 24.3 Å². The van der Waals surface area contributed by atoms with Gasteiger partial charge in [0.2, 0.25) is 0 Å². The summed E-state index contributed by atoms with van der Waals surface area (Å²) in [5.74, 6) is -0.289. The fourth-order valence-electron chi connectivity index (χ4n) is 2.32. The summed E-state index contributed by atoms with van der Waals surface area (Å²) < 4.78 is 18.4. The van der Waals surface area contributed by atoms with E-state index in [1.807, 2.05) is 0 Å². The number of aliphatic hydroxyl groups excluding tert-OH is 1. The minimum absolute atomic E-state index is 0.226. The van der Waals surface area contributed by atoms with E-state index in [0.29, 0.717) is 12.2 Å². The summed E-state index contributed by atoms with van der Waals surface area (Å²) in [4.78, 5) is 2.29. The maximum atomic E-state index is 12.8. The van der Waals surface area contributed by atoms with Crippen molar-refractivity contribution in [3.8, 4) is 0 Å². The first-order valence-corrected chi connectivity index (χ1v) is 6.48. The van der Waals surface area contributed by atoms with Crippen LogP contribution in [0.5, 0.6) is 0 Å². The predicted molar refractivity (Wildman–Crippen MR) is 67.8 cm³/mol. The first-order chi connectivity index (χ1) is 8.70. The molecule has 0 amide bonds. The van der Waals surface area contributed by atoms with E-state index in [9.17, 15) is 9.50 Å². The zero-order chi connectivity index (χ0) is 13.0. The molecule has 1 heterocycles. The molecule has 0 saturated carbocycles. The molecule has 4 heteroatoms. The Balaban J connectivity index is 1.99. The van der Waals surface area contributed by atoms with E-state index in [-0.39, 0.29) is 11.9 Å². The Bertz CT molecular complexity index is 367. The Hall–Kier alpha value is -0.970. The van der Waals surface area contributed by atoms with E-state index >= 15 is 0 Å². The van der Waals surface area contributed by atoms with Crippen molar-refractivity contribution in [3.05, 3.63) is 35.6 Å². The lowest BCUT2D eigenvalue weighted by Crippen LogP contribution is -2.45. The highest BCUT2D eigenvalue weighted by Crippen LogP contribution is 2.22. The second-order valence-electron chi connectivity index (χ2n) is 4.71. The van der Waals surface area contributed by atoms with Crippen LogP contribution in [0.4, 0.5) is 4.39 Å². The highest BCUT2D eigenvalue weighted by molar-refractivity contribution is 5.19. The summed E-state index contributed by atoms with van der Waals surface area (Å²) in [6, 6.07) is 5.96. The van der Waals surface area contributed by atoms with Gasteiger partial charge in [-0.3, -0.25) is 4.90 Å². The van der Waals surface area contributed by atoms with Crippen LogP contribution in [0.3, 0.4) is 0 Å². The van der Waals surface area contributed by atoms with Gasteiger partial charge in [0, 0.05) is 13.1 Å². The van der Waals surface area contributed by atoms with Gasteiger partial charge in [-0.05, 0) is 30.7 Å². The van der Waals surface area contributed by atoms with Crippen molar-refractivity contribution in [2.45, 2.75) is 25.6 Å². The first kappa shape index (κ1) is 13.5. The standard InChI is InChI=1S/C14H20FNO2/c1-2-7-16-8-9-18-13(10-16)14(17)11-3-5-12(15)6-4-11/h3-6,13-14,17H,2,7-10H2,1H3. The lowest BCUT2D eigenvalue weighted by Gasteiger charge is -2.35. The highest BCUT2D eigenvalue weighted by atomic mass is 19.1. The third-order valence-corrected chi connectivity index (χ3v) is 3.28. The van der Waals surface area contributed by atoms with Gasteiger partial charge in [-0.1, -0.05) is 19.1 Å². The summed E-state index contributed by atoms with van der Waals surface area (Å²) in [5.41, 5.74) is 0.708. The SMILES string of the molecule is CCCN1CCOC(C(O)c2ccc(F)cc2)C1. The molecule has 1 N–H and O–H groups in total. The summed E-state index contributed by atoms with van der Waals surface area (Å²) in [6.45, 7) is 5.45. The molecular formula is C14H20FNO2. The Morgan fingerprint density at radius 2 is 2.17 bits per heavy atom. The fourth-order valence-corrected chi connectivity index (χ4v) is 2.32. The van der Waals surface area contributed by atoms with Crippen LogP contribution in [0.2, 0.25) is 0 Å². The fraction of sp³-hybridized carbons (Fsp3) is 0.571. The molecule has 1 aromatic carbocycles. The molecule has 0 radical (unpaired) electrons. The number of hydrogen-bond acceptors (Lipinski definition) is 3. The Kier molecular flexibility index (Phi) is 4.69. The molecule has 1 saturated heterocycles. The van der Waals surface area contributed by atoms with E-state index < -0.39 is 6.10 Å². The highest BCUT2D eigenvalue weighted by Gasteiger charge is 2.27. The van der Waals surface area contributed by atoms with E-state index in [2.05, 4.69) is 11.8 Å². The number of nitrogens with zero attached hydrogens (tertiary/aromatic N) is 1. The topological polar surface area (TPSA) is 32.7 Å². The van der Waals surface area contributed by atoms with Crippen LogP contribution in [-0.2, 0) is 4.74 Å². The number of hydrogen-bond donors (Lipinski definition) is 1. The van der Waals surface area contributed by atoms with Crippen molar-refractivity contribution in [3.63, 3.8) is 0 Å². The van der Waals surface area contributed by atoms with Crippen LogP contribution in [-0.4, -0.2) is 42.4 Å². The number of aliphatic hydroxyl groups is 1. The third-order valence-electron chi connectivity index (χ3n) is 3.28. The third kappa shape index (κ3) is 3.28. The van der Waals surface area contributed by atoms with Crippen LogP contribution >= 0.6 is 0 Å². The van der Waals surface area contributed by atoms with Gasteiger partial charge in [0.15, 0.2) is 0 Å². The molecule has 18 heavy (non-hydrogen) atoms. The first-order valence-electron chi connectivity index (χ1n) is 6.48. The average Bonchev–Trinajstić information content (AvgIpc) is 2.39. The lowest BCUT2D eigenvalue weighted by atomic mass is 10.0. The quantitative estimate of drug-likeness (QED) is 0.890. The molecule has 2 rings (SSSR count). The second-order valence-corrected chi connectivity index (χ2v) is 4.71.